The van der Waals surface area contributed by atoms with Crippen LogP contribution < -0.4 is 30.5 Å². The number of benzene rings is 6. The zero-order valence-electron chi connectivity index (χ0n) is 34.0. The van der Waals surface area contributed by atoms with Gasteiger partial charge in [-0.15, -0.1) is 18.0 Å². The quantitative estimate of drug-likeness (QED) is 0.112. The first kappa shape index (κ1) is 41.1. The Labute approximate surface area is 353 Å². The summed E-state index contributed by atoms with van der Waals surface area (Å²) in [5.74, 6) is 1.92. The number of anilines is 2. The predicted octanol–water partition coefficient (Wildman–Crippen LogP) is 11.8. The zero-order valence-corrected chi connectivity index (χ0v) is 37.2. The van der Waals surface area contributed by atoms with E-state index >= 15 is 0 Å². The van der Waals surface area contributed by atoms with Gasteiger partial charge < -0.3 is 15.1 Å². The van der Waals surface area contributed by atoms with E-state index < -0.39 is 8.07 Å². The number of nitrogens with zero attached hydrogens (tertiary/aromatic N) is 3. The van der Waals surface area contributed by atoms with Crippen molar-refractivity contribution in [3.8, 4) is 0 Å². The molecule has 0 unspecified atom stereocenters. The molecular weight excluding hydrogens is 880 g/mol. The van der Waals surface area contributed by atoms with E-state index in [1.54, 1.807) is 0 Å². The fraction of sp³-hybridized carbons (Fsp3) is 0.235. The second-order valence-electron chi connectivity index (χ2n) is 16.0. The molecule has 0 bridgehead atoms. The van der Waals surface area contributed by atoms with Gasteiger partial charge in [-0.1, -0.05) is 211 Å². The minimum Gasteiger partial charge on any atom is -0.658 e. The molecule has 8 rings (SSSR count). The molecule has 0 fully saturated rings. The van der Waals surface area contributed by atoms with Gasteiger partial charge in [-0.25, -0.2) is 0 Å². The normalized spacial score (nSPS) is 13.9. The van der Waals surface area contributed by atoms with Crippen LogP contribution in [0.1, 0.15) is 101 Å². The van der Waals surface area contributed by atoms with Gasteiger partial charge in [-0.2, -0.15) is 0 Å². The van der Waals surface area contributed by atoms with Crippen molar-refractivity contribution in [3.05, 3.63) is 192 Å². The largest absolute Gasteiger partial charge is 0.658 e. The van der Waals surface area contributed by atoms with E-state index in [0.717, 1.165) is 11.4 Å². The Bertz CT molecular complexity index is 2050. The molecule has 1 radical (unpaired) electrons. The molecule has 0 N–H and O–H groups in total. The van der Waals surface area contributed by atoms with Crippen molar-refractivity contribution in [1.82, 2.24) is 0 Å². The summed E-state index contributed by atoms with van der Waals surface area (Å²) in [5.41, 5.74) is 10.5. The Balaban J connectivity index is 0.000000187. The van der Waals surface area contributed by atoms with Gasteiger partial charge in [-0.3, -0.25) is 0 Å². The summed E-state index contributed by atoms with van der Waals surface area (Å²) in [6, 6.07) is 52.8. The van der Waals surface area contributed by atoms with Crippen LogP contribution in [0.25, 0.3) is 5.32 Å². The number of hydrogen-bond acceptors (Lipinski definition) is 2. The number of para-hydroxylation sites is 4. The van der Waals surface area contributed by atoms with Gasteiger partial charge in [-0.05, 0) is 68.7 Å². The van der Waals surface area contributed by atoms with Crippen molar-refractivity contribution >= 4 is 51.6 Å². The van der Waals surface area contributed by atoms with Crippen LogP contribution in [0, 0.1) is 6.67 Å². The van der Waals surface area contributed by atoms with E-state index in [1.807, 2.05) is 0 Å². The van der Waals surface area contributed by atoms with E-state index in [9.17, 15) is 0 Å². The summed E-state index contributed by atoms with van der Waals surface area (Å²) in [7, 11) is -2.37. The molecule has 0 aliphatic carbocycles. The average Bonchev–Trinajstić information content (AvgIpc) is 3.70. The first-order chi connectivity index (χ1) is 26.6. The maximum Gasteiger partial charge on any atom is 0.177 e. The first-order valence-corrected chi connectivity index (χ1v) is 22.0. The molecule has 56 heavy (non-hydrogen) atoms. The summed E-state index contributed by atoms with van der Waals surface area (Å²) in [4.78, 5) is 4.65. The van der Waals surface area contributed by atoms with Crippen LogP contribution in [0.3, 0.4) is 0 Å². The number of rotatable bonds is 8. The molecule has 0 spiro atoms. The van der Waals surface area contributed by atoms with Gasteiger partial charge in [0.25, 0.3) is 0 Å². The van der Waals surface area contributed by atoms with Crippen molar-refractivity contribution in [1.29, 1.82) is 0 Å². The van der Waals surface area contributed by atoms with Crippen LogP contribution in [0.15, 0.2) is 158 Å². The van der Waals surface area contributed by atoms with Crippen LogP contribution in [0.5, 0.6) is 0 Å². The molecule has 0 amide bonds. The van der Waals surface area contributed by atoms with Crippen LogP contribution >= 0.6 is 0 Å². The second kappa shape index (κ2) is 17.7. The molecule has 2 aliphatic heterocycles. The van der Waals surface area contributed by atoms with Crippen molar-refractivity contribution in [2.45, 2.75) is 79.1 Å². The van der Waals surface area contributed by atoms with E-state index in [1.165, 1.54) is 54.4 Å². The fourth-order valence-electron chi connectivity index (χ4n) is 8.46. The molecule has 0 saturated carbocycles. The Morgan fingerprint density at radius 1 is 0.411 bits per heavy atom. The molecule has 6 aromatic carbocycles. The fourth-order valence-corrected chi connectivity index (χ4v) is 13.4. The van der Waals surface area contributed by atoms with Gasteiger partial charge >= 0.3 is 0 Å². The van der Waals surface area contributed by atoms with E-state index in [2.05, 4.69) is 230 Å². The van der Waals surface area contributed by atoms with E-state index in [0.29, 0.717) is 23.7 Å². The maximum atomic E-state index is 4.99. The third-order valence-corrected chi connectivity index (χ3v) is 16.0. The van der Waals surface area contributed by atoms with E-state index in [4.69, 9.17) is 5.32 Å². The average molecular weight is 935 g/mol. The topological polar surface area (TPSA) is 20.6 Å². The summed E-state index contributed by atoms with van der Waals surface area (Å²) in [6.45, 7) is 20.5. The minimum atomic E-state index is -2.37. The molecule has 5 heteroatoms. The number of hydrogen-bond donors (Lipinski definition) is 0. The molecule has 3 nitrogen and oxygen atoms in total. The third-order valence-electron chi connectivity index (χ3n) is 11.1. The van der Waals surface area contributed by atoms with Crippen molar-refractivity contribution in [2.75, 3.05) is 9.80 Å². The molecule has 0 aromatic heterocycles. The molecule has 0 saturated heterocycles. The summed E-state index contributed by atoms with van der Waals surface area (Å²) in [5, 5.41) is 10.5. The molecule has 0 atom stereocenters. The van der Waals surface area contributed by atoms with Crippen LogP contribution in [0.2, 0.25) is 0 Å². The number of fused-ring (bicyclic) bond motifs is 2. The summed E-state index contributed by atoms with van der Waals surface area (Å²) >= 11 is 0. The second-order valence-corrected chi connectivity index (χ2v) is 19.8. The molecule has 6 aromatic rings. The maximum absolute atomic E-state index is 4.99. The van der Waals surface area contributed by atoms with Gasteiger partial charge in [0.2, 0.25) is 0 Å². The van der Waals surface area contributed by atoms with Gasteiger partial charge in [0.05, 0.1) is 0 Å². The van der Waals surface area contributed by atoms with Crippen molar-refractivity contribution < 1.29 is 22.4 Å². The van der Waals surface area contributed by atoms with Crippen LogP contribution in [-0.4, -0.2) is 8.07 Å². The predicted molar refractivity (Wildman–Crippen MR) is 240 cm³/mol. The van der Waals surface area contributed by atoms with Crippen LogP contribution in [0.4, 0.5) is 22.7 Å². The molecule has 2 heterocycles. The minimum absolute atomic E-state index is 0. The summed E-state index contributed by atoms with van der Waals surface area (Å²) in [6.07, 6.45) is 4.43. The SMILES string of the molecule is CC(C)c1cccc(C(C)C)c1N1C=CN(c2c(C(C)C)cccc2C(C)C)[CH-]1.[Au].c1ccc([Si]2(c3ccccc3)c3ccccc3[N-]c3ccccc32)cc1. The zero-order chi connectivity index (χ0) is 38.7. The Morgan fingerprint density at radius 3 is 1.07 bits per heavy atom. The Morgan fingerprint density at radius 2 is 0.732 bits per heavy atom. The first-order valence-electron chi connectivity index (χ1n) is 20.0. The summed E-state index contributed by atoms with van der Waals surface area (Å²) < 4.78 is 0. The standard InChI is InChI=1S/C27H37N2.C24H18NSi.Au/c1-18(2)22-11-9-12-23(19(3)4)26(22)28-15-16-29(17-28)27-24(20(5)6)13-10-14-25(27)21(7)8;1-3-11-19(12-4-1)26(20-13-5-2-6-14-20)23-17-9-7-15-21(23)25-22-16-8-10-18-24(22)26;/h9-21H,1-8H3;1-18H;/q2*-1;. The van der Waals surface area contributed by atoms with Gasteiger partial charge in [0, 0.05) is 33.8 Å². The Kier molecular flexibility index (Phi) is 13.0. The van der Waals surface area contributed by atoms with Crippen molar-refractivity contribution in [3.63, 3.8) is 0 Å². The molecule has 291 valence electrons. The third kappa shape index (κ3) is 7.73. The van der Waals surface area contributed by atoms with Gasteiger partial charge in [0.1, 0.15) is 0 Å². The van der Waals surface area contributed by atoms with Crippen LogP contribution in [-0.2, 0) is 22.4 Å². The van der Waals surface area contributed by atoms with Gasteiger partial charge in [0.15, 0.2) is 8.07 Å². The van der Waals surface area contributed by atoms with Crippen molar-refractivity contribution in [2.24, 2.45) is 0 Å². The molecular formula is C51H55AuN3Si-2. The van der Waals surface area contributed by atoms with E-state index in [-0.39, 0.29) is 22.4 Å². The monoisotopic (exact) mass is 934 g/mol. The Hall–Kier alpha value is -4.58. The smallest absolute Gasteiger partial charge is 0.177 e. The molecule has 2 aliphatic rings.